The summed E-state index contributed by atoms with van der Waals surface area (Å²) in [7, 11) is 0. The van der Waals surface area contributed by atoms with Gasteiger partial charge in [0.25, 0.3) is 0 Å². The van der Waals surface area contributed by atoms with Gasteiger partial charge in [-0.05, 0) is 12.8 Å². The minimum atomic E-state index is -0.972. The van der Waals surface area contributed by atoms with E-state index in [2.05, 4.69) is 14.3 Å². The van der Waals surface area contributed by atoms with Crippen LogP contribution in [0.1, 0.15) is 26.7 Å². The van der Waals surface area contributed by atoms with Crippen LogP contribution in [-0.4, -0.2) is 35.7 Å². The Morgan fingerprint density at radius 2 is 1.47 bits per heavy atom. The van der Waals surface area contributed by atoms with E-state index in [9.17, 15) is 9.59 Å². The first-order valence-electron chi connectivity index (χ1n) is 4.73. The Hall–Kier alpha value is -1.68. The average Bonchev–Trinajstić information content (AvgIpc) is 2.24. The molecule has 0 amide bonds. The highest BCUT2D eigenvalue weighted by Gasteiger charge is 2.32. The van der Waals surface area contributed by atoms with E-state index in [1.807, 2.05) is 0 Å². The van der Waals surface area contributed by atoms with Crippen LogP contribution in [0.4, 0.5) is 0 Å². The fraction of sp³-hybridized carbons (Fsp3) is 0.667. The molecule has 0 unspecified atom stereocenters. The lowest BCUT2D eigenvalue weighted by Gasteiger charge is -1.99. The van der Waals surface area contributed by atoms with E-state index in [1.54, 1.807) is 13.8 Å². The summed E-state index contributed by atoms with van der Waals surface area (Å²) < 4.78 is 9.23. The summed E-state index contributed by atoms with van der Waals surface area (Å²) in [6.07, 6.45) is 1.24. The van der Waals surface area contributed by atoms with Crippen LogP contribution in [0, 0.1) is 0 Å². The fourth-order valence-electron chi connectivity index (χ4n) is 0.691. The number of esters is 2. The quantitative estimate of drug-likeness (QED) is 0.212. The normalized spacial score (nSPS) is 8.93. The van der Waals surface area contributed by atoms with Crippen molar-refractivity contribution in [3.05, 3.63) is 5.53 Å². The van der Waals surface area contributed by atoms with Gasteiger partial charge in [-0.3, -0.25) is 0 Å². The number of carbonyl (C=O) groups is 2. The van der Waals surface area contributed by atoms with Crippen LogP contribution in [0.2, 0.25) is 0 Å². The molecule has 0 bridgehead atoms. The number of hydrogen-bond donors (Lipinski definition) is 0. The molecule has 0 heterocycles. The lowest BCUT2D eigenvalue weighted by molar-refractivity contribution is -0.149. The summed E-state index contributed by atoms with van der Waals surface area (Å²) in [6, 6.07) is 0. The molecule has 0 aliphatic heterocycles. The topological polar surface area (TPSA) is 89.0 Å². The SMILES string of the molecule is CCCOC(=O)C(=[N+]=[N-])C(=O)OCCC. The second-order valence-corrected chi connectivity index (χ2v) is 2.72. The van der Waals surface area contributed by atoms with Crippen molar-refractivity contribution in [2.45, 2.75) is 26.7 Å². The molecule has 84 valence electrons. The first-order valence-corrected chi connectivity index (χ1v) is 4.73. The Morgan fingerprint density at radius 3 is 1.73 bits per heavy atom. The Labute approximate surface area is 87.8 Å². The van der Waals surface area contributed by atoms with Crippen molar-refractivity contribution in [2.75, 3.05) is 13.2 Å². The van der Waals surface area contributed by atoms with Crippen LogP contribution in [0.5, 0.6) is 0 Å². The molecule has 0 aromatic carbocycles. The zero-order chi connectivity index (χ0) is 11.7. The van der Waals surface area contributed by atoms with Crippen LogP contribution in [0.3, 0.4) is 0 Å². The van der Waals surface area contributed by atoms with Gasteiger partial charge in [0.05, 0.1) is 13.2 Å². The van der Waals surface area contributed by atoms with Gasteiger partial charge in [0.15, 0.2) is 0 Å². The Kier molecular flexibility index (Phi) is 6.84. The van der Waals surface area contributed by atoms with E-state index in [-0.39, 0.29) is 13.2 Å². The van der Waals surface area contributed by atoms with Crippen LogP contribution in [-0.2, 0) is 19.1 Å². The van der Waals surface area contributed by atoms with Gasteiger partial charge in [-0.2, -0.15) is 4.79 Å². The Bertz CT molecular complexity index is 260. The third-order valence-corrected chi connectivity index (χ3v) is 1.36. The van der Waals surface area contributed by atoms with E-state index in [1.165, 1.54) is 0 Å². The minimum Gasteiger partial charge on any atom is -0.457 e. The number of hydrogen-bond acceptors (Lipinski definition) is 4. The lowest BCUT2D eigenvalue weighted by Crippen LogP contribution is -2.29. The molecule has 0 atom stereocenters. The van der Waals surface area contributed by atoms with E-state index in [0.717, 1.165) is 0 Å². The largest absolute Gasteiger partial charge is 0.482 e. The maximum Gasteiger partial charge on any atom is 0.482 e. The molecule has 0 aromatic heterocycles. The summed E-state index contributed by atoms with van der Waals surface area (Å²) in [5.74, 6) is -1.94. The molecule has 0 aromatic rings. The zero-order valence-electron chi connectivity index (χ0n) is 8.86. The summed E-state index contributed by atoms with van der Waals surface area (Å²) in [6.45, 7) is 3.94. The fourth-order valence-corrected chi connectivity index (χ4v) is 0.691. The van der Waals surface area contributed by atoms with Gasteiger partial charge in [-0.15, -0.1) is 0 Å². The summed E-state index contributed by atoms with van der Waals surface area (Å²) >= 11 is 0. The molecule has 6 heteroatoms. The molecule has 0 radical (unpaired) electrons. The first-order chi connectivity index (χ1) is 7.17. The first kappa shape index (κ1) is 13.3. The molecule has 15 heavy (non-hydrogen) atoms. The third kappa shape index (κ3) is 4.93. The lowest BCUT2D eigenvalue weighted by atomic mass is 10.4. The van der Waals surface area contributed by atoms with Gasteiger partial charge in [-0.25, -0.2) is 9.59 Å². The van der Waals surface area contributed by atoms with Crippen molar-refractivity contribution >= 4 is 17.7 Å². The van der Waals surface area contributed by atoms with Crippen LogP contribution in [0.25, 0.3) is 5.53 Å². The molecule has 0 rings (SSSR count). The van der Waals surface area contributed by atoms with E-state index in [4.69, 9.17) is 5.53 Å². The minimum absolute atomic E-state index is 0.166. The Balaban J connectivity index is 4.30. The molecule has 0 saturated heterocycles. The molecule has 0 fully saturated rings. The second kappa shape index (κ2) is 7.70. The van der Waals surface area contributed by atoms with E-state index < -0.39 is 17.7 Å². The number of carbonyl (C=O) groups excluding carboxylic acids is 2. The molecule has 6 nitrogen and oxygen atoms in total. The highest BCUT2D eigenvalue weighted by atomic mass is 16.6. The molecular weight excluding hydrogens is 200 g/mol. The number of nitrogens with zero attached hydrogens (tertiary/aromatic N) is 2. The van der Waals surface area contributed by atoms with E-state index >= 15 is 0 Å². The average molecular weight is 214 g/mol. The van der Waals surface area contributed by atoms with Crippen LogP contribution >= 0.6 is 0 Å². The second-order valence-electron chi connectivity index (χ2n) is 2.72. The molecule has 0 saturated carbocycles. The highest BCUT2D eigenvalue weighted by Crippen LogP contribution is 1.90. The van der Waals surface area contributed by atoms with Crippen molar-refractivity contribution < 1.29 is 23.9 Å². The molecule has 0 aliphatic carbocycles. The Morgan fingerprint density at radius 1 is 1.07 bits per heavy atom. The predicted octanol–water partition coefficient (Wildman–Crippen LogP) is 0.564. The summed E-state index contributed by atoms with van der Waals surface area (Å²) in [5, 5.41) is 0. The van der Waals surface area contributed by atoms with Crippen molar-refractivity contribution in [1.29, 1.82) is 0 Å². The van der Waals surface area contributed by atoms with Gasteiger partial charge < -0.3 is 15.0 Å². The number of rotatable bonds is 6. The van der Waals surface area contributed by atoms with Crippen LogP contribution < -0.4 is 0 Å². The van der Waals surface area contributed by atoms with Crippen LogP contribution in [0.15, 0.2) is 0 Å². The monoisotopic (exact) mass is 214 g/mol. The third-order valence-electron chi connectivity index (χ3n) is 1.36. The number of ether oxygens (including phenoxy) is 2. The summed E-state index contributed by atoms with van der Waals surface area (Å²) in [4.78, 5) is 24.8. The molecule has 0 aliphatic rings. The molecule has 0 N–H and O–H groups in total. The predicted molar refractivity (Wildman–Crippen MR) is 51.1 cm³/mol. The highest BCUT2D eigenvalue weighted by molar-refractivity contribution is 6.60. The maximum atomic E-state index is 11.1. The standard InChI is InChI=1S/C9H14N2O4/c1-3-5-14-8(12)7(11-10)9(13)15-6-4-2/h3-6H2,1-2H3. The van der Waals surface area contributed by atoms with Crippen molar-refractivity contribution in [3.63, 3.8) is 0 Å². The van der Waals surface area contributed by atoms with Gasteiger partial charge >= 0.3 is 17.7 Å². The van der Waals surface area contributed by atoms with Crippen molar-refractivity contribution in [3.8, 4) is 0 Å². The van der Waals surface area contributed by atoms with Crippen molar-refractivity contribution in [2.24, 2.45) is 0 Å². The summed E-state index contributed by atoms with van der Waals surface area (Å²) in [5.41, 5.74) is 7.73. The smallest absolute Gasteiger partial charge is 0.457 e. The van der Waals surface area contributed by atoms with Gasteiger partial charge in [0, 0.05) is 0 Å². The van der Waals surface area contributed by atoms with Gasteiger partial charge in [0.2, 0.25) is 0 Å². The molecule has 0 spiro atoms. The molecular formula is C9H14N2O4. The zero-order valence-corrected chi connectivity index (χ0v) is 8.86. The van der Waals surface area contributed by atoms with Gasteiger partial charge in [-0.1, -0.05) is 13.8 Å². The van der Waals surface area contributed by atoms with E-state index in [0.29, 0.717) is 12.8 Å². The maximum absolute atomic E-state index is 11.1. The van der Waals surface area contributed by atoms with Gasteiger partial charge in [0.1, 0.15) is 0 Å². The van der Waals surface area contributed by atoms with Crippen molar-refractivity contribution in [1.82, 2.24) is 0 Å².